The summed E-state index contributed by atoms with van der Waals surface area (Å²) in [6.45, 7) is 4.46. The van der Waals surface area contributed by atoms with Gasteiger partial charge in [0.25, 0.3) is 11.6 Å². The Morgan fingerprint density at radius 2 is 1.93 bits per heavy atom. The molecule has 156 valence electrons. The third kappa shape index (κ3) is 5.18. The molecule has 1 N–H and O–H groups in total. The van der Waals surface area contributed by atoms with Gasteiger partial charge in [-0.25, -0.2) is 0 Å². The summed E-state index contributed by atoms with van der Waals surface area (Å²) in [6.07, 6.45) is 1.07. The van der Waals surface area contributed by atoms with Crippen LogP contribution in [-0.4, -0.2) is 10.8 Å². The highest BCUT2D eigenvalue weighted by Crippen LogP contribution is 2.28. The monoisotopic (exact) mass is 428 g/mol. The summed E-state index contributed by atoms with van der Waals surface area (Å²) < 4.78 is 11.2. The number of amides is 1. The van der Waals surface area contributed by atoms with Crippen LogP contribution in [0.25, 0.3) is 0 Å². The molecular weight excluding hydrogens is 408 g/mol. The van der Waals surface area contributed by atoms with Crippen molar-refractivity contribution in [2.75, 3.05) is 5.32 Å². The Balaban J connectivity index is 1.62. The molecule has 0 bridgehead atoms. The maximum Gasteiger partial charge on any atom is 0.294 e. The predicted molar refractivity (Wildman–Crippen MR) is 114 cm³/mol. The molecule has 7 nitrogen and oxygen atoms in total. The van der Waals surface area contributed by atoms with Crippen LogP contribution in [0.15, 0.2) is 59.0 Å². The van der Waals surface area contributed by atoms with Crippen LogP contribution in [0.3, 0.4) is 0 Å². The molecule has 3 aromatic rings. The smallest absolute Gasteiger partial charge is 0.294 e. The Morgan fingerprint density at radius 3 is 2.60 bits per heavy atom. The molecule has 0 spiro atoms. The first kappa shape index (κ1) is 21.4. The van der Waals surface area contributed by atoms with Crippen molar-refractivity contribution >= 4 is 28.9 Å². The molecule has 0 fully saturated rings. The number of hydrogen-bond donors (Lipinski definition) is 1. The maximum atomic E-state index is 12.4. The molecule has 30 heavy (non-hydrogen) atoms. The second-order valence-corrected chi connectivity index (χ2v) is 7.24. The van der Waals surface area contributed by atoms with Crippen molar-refractivity contribution in [2.24, 2.45) is 0 Å². The van der Waals surface area contributed by atoms with Crippen molar-refractivity contribution in [3.8, 4) is 5.75 Å². The van der Waals surface area contributed by atoms with Gasteiger partial charge in [0.1, 0.15) is 23.8 Å². The maximum absolute atomic E-state index is 12.4. The summed E-state index contributed by atoms with van der Waals surface area (Å²) in [7, 11) is 0. The van der Waals surface area contributed by atoms with Gasteiger partial charge in [-0.2, -0.15) is 0 Å². The van der Waals surface area contributed by atoms with Crippen LogP contribution in [0.2, 0.25) is 5.02 Å². The molecule has 0 saturated carbocycles. The molecule has 0 aliphatic carbocycles. The number of rotatable bonds is 8. The Hall–Kier alpha value is -3.32. The van der Waals surface area contributed by atoms with E-state index in [-0.39, 0.29) is 28.8 Å². The minimum atomic E-state index is -0.616. The van der Waals surface area contributed by atoms with Crippen molar-refractivity contribution < 1.29 is 18.9 Å². The second-order valence-electron chi connectivity index (χ2n) is 6.81. The van der Waals surface area contributed by atoms with Gasteiger partial charge < -0.3 is 14.5 Å². The molecule has 8 heteroatoms. The summed E-state index contributed by atoms with van der Waals surface area (Å²) in [4.78, 5) is 22.9. The second kappa shape index (κ2) is 9.45. The molecule has 3 rings (SSSR count). The molecule has 2 aromatic carbocycles. The highest BCUT2D eigenvalue weighted by molar-refractivity contribution is 6.31. The summed E-state index contributed by atoms with van der Waals surface area (Å²) in [5.74, 6) is 1.05. The molecule has 0 saturated heterocycles. The molecule has 0 aliphatic rings. The zero-order valence-electron chi connectivity index (χ0n) is 16.6. The SMILES string of the molecule is CCC(C)c1ccc(OCc2ccc(C(=O)Nc3ccc(Cl)cc3[N+](=O)[O-])o2)cc1. The third-order valence-corrected chi connectivity index (χ3v) is 4.97. The van der Waals surface area contributed by atoms with Crippen molar-refractivity contribution in [3.63, 3.8) is 0 Å². The quantitative estimate of drug-likeness (QED) is 0.341. The largest absolute Gasteiger partial charge is 0.486 e. The number of nitrogens with zero attached hydrogens (tertiary/aromatic N) is 1. The number of nitro groups is 1. The van der Waals surface area contributed by atoms with Crippen LogP contribution >= 0.6 is 11.6 Å². The van der Waals surface area contributed by atoms with Crippen LogP contribution in [0.5, 0.6) is 5.75 Å². The van der Waals surface area contributed by atoms with Crippen LogP contribution in [-0.2, 0) is 6.61 Å². The van der Waals surface area contributed by atoms with Crippen LogP contribution < -0.4 is 10.1 Å². The van der Waals surface area contributed by atoms with Crippen LogP contribution in [0, 0.1) is 10.1 Å². The van der Waals surface area contributed by atoms with Gasteiger partial charge in [0.2, 0.25) is 0 Å². The summed E-state index contributed by atoms with van der Waals surface area (Å²) in [5.41, 5.74) is 0.981. The van der Waals surface area contributed by atoms with Crippen molar-refractivity contribution in [2.45, 2.75) is 32.8 Å². The number of nitro benzene ring substituents is 1. The average molecular weight is 429 g/mol. The summed E-state index contributed by atoms with van der Waals surface area (Å²) in [6, 6.07) is 15.0. The molecule has 0 aliphatic heterocycles. The molecule has 1 amide bonds. The predicted octanol–water partition coefficient (Wildman–Crippen LogP) is 6.19. The fourth-order valence-corrected chi connectivity index (χ4v) is 2.97. The van der Waals surface area contributed by atoms with Crippen LogP contribution in [0.1, 0.15) is 48.1 Å². The number of carbonyl (C=O) groups is 1. The highest BCUT2D eigenvalue weighted by Gasteiger charge is 2.19. The Kier molecular flexibility index (Phi) is 6.74. The fraction of sp³-hybridized carbons (Fsp3) is 0.227. The number of nitrogens with one attached hydrogen (secondary N) is 1. The number of furan rings is 1. The lowest BCUT2D eigenvalue weighted by Crippen LogP contribution is -2.12. The molecule has 1 heterocycles. The number of carbonyl (C=O) groups excluding carboxylic acids is 1. The zero-order chi connectivity index (χ0) is 21.7. The minimum absolute atomic E-state index is 0.0185. The van der Waals surface area contributed by atoms with Crippen molar-refractivity contribution in [1.82, 2.24) is 0 Å². The molecule has 1 unspecified atom stereocenters. The first-order valence-electron chi connectivity index (χ1n) is 9.44. The standard InChI is InChI=1S/C22H21ClN2O5/c1-3-14(2)15-4-7-17(8-5-15)29-13-18-9-11-21(30-18)22(26)24-19-10-6-16(23)12-20(19)25(27)28/h4-12,14H,3,13H2,1-2H3,(H,24,26). The van der Waals surface area contributed by atoms with Gasteiger partial charge in [-0.05, 0) is 54.3 Å². The lowest BCUT2D eigenvalue weighted by Gasteiger charge is -2.10. The Bertz CT molecular complexity index is 1050. The van der Waals surface area contributed by atoms with Crippen LogP contribution in [0.4, 0.5) is 11.4 Å². The van der Waals surface area contributed by atoms with Gasteiger partial charge in [-0.3, -0.25) is 14.9 Å². The van der Waals surface area contributed by atoms with Crippen molar-refractivity contribution in [3.05, 3.63) is 86.8 Å². The number of benzene rings is 2. The van der Waals surface area contributed by atoms with E-state index in [9.17, 15) is 14.9 Å². The summed E-state index contributed by atoms with van der Waals surface area (Å²) in [5, 5.41) is 13.8. The average Bonchev–Trinajstić information content (AvgIpc) is 3.22. The van der Waals surface area contributed by atoms with Crippen molar-refractivity contribution in [1.29, 1.82) is 0 Å². The van der Waals surface area contributed by atoms with E-state index in [1.54, 1.807) is 6.07 Å². The fourth-order valence-electron chi connectivity index (χ4n) is 2.81. The minimum Gasteiger partial charge on any atom is -0.486 e. The van der Waals surface area contributed by atoms with E-state index in [4.69, 9.17) is 20.8 Å². The lowest BCUT2D eigenvalue weighted by atomic mass is 9.99. The zero-order valence-corrected chi connectivity index (χ0v) is 17.3. The normalized spacial score (nSPS) is 11.7. The highest BCUT2D eigenvalue weighted by atomic mass is 35.5. The lowest BCUT2D eigenvalue weighted by molar-refractivity contribution is -0.383. The third-order valence-electron chi connectivity index (χ3n) is 4.73. The van der Waals surface area contributed by atoms with Gasteiger partial charge in [-0.1, -0.05) is 37.6 Å². The first-order valence-corrected chi connectivity index (χ1v) is 9.82. The first-order chi connectivity index (χ1) is 14.4. The van der Waals surface area contributed by atoms with E-state index in [1.807, 2.05) is 24.3 Å². The topological polar surface area (TPSA) is 94.6 Å². The number of hydrogen-bond acceptors (Lipinski definition) is 5. The van der Waals surface area contributed by atoms with Gasteiger partial charge in [0, 0.05) is 11.1 Å². The summed E-state index contributed by atoms with van der Waals surface area (Å²) >= 11 is 5.78. The molecule has 0 radical (unpaired) electrons. The van der Waals surface area contributed by atoms with Gasteiger partial charge in [-0.15, -0.1) is 0 Å². The molecule has 1 atom stereocenters. The Morgan fingerprint density at radius 1 is 1.20 bits per heavy atom. The number of anilines is 1. The van der Waals surface area contributed by atoms with Gasteiger partial charge in [0.15, 0.2) is 5.76 Å². The van der Waals surface area contributed by atoms with Gasteiger partial charge >= 0.3 is 0 Å². The van der Waals surface area contributed by atoms with E-state index in [0.29, 0.717) is 17.4 Å². The van der Waals surface area contributed by atoms with E-state index in [0.717, 1.165) is 6.42 Å². The molecular formula is C22H21ClN2O5. The van der Waals surface area contributed by atoms with Gasteiger partial charge in [0.05, 0.1) is 4.92 Å². The Labute approximate surface area is 178 Å². The van der Waals surface area contributed by atoms with E-state index < -0.39 is 10.8 Å². The molecule has 1 aromatic heterocycles. The van der Waals surface area contributed by atoms with E-state index >= 15 is 0 Å². The number of halogens is 1. The number of ether oxygens (including phenoxy) is 1. The van der Waals surface area contributed by atoms with E-state index in [2.05, 4.69) is 19.2 Å². The van der Waals surface area contributed by atoms with E-state index in [1.165, 1.54) is 29.8 Å².